The van der Waals surface area contributed by atoms with Crippen molar-refractivity contribution >= 4 is 40.7 Å². The second kappa shape index (κ2) is 9.57. The molecule has 0 spiro atoms. The number of ether oxygens (including phenoxy) is 1. The summed E-state index contributed by atoms with van der Waals surface area (Å²) in [4.78, 5) is 27.5. The van der Waals surface area contributed by atoms with Crippen LogP contribution in [-0.2, 0) is 4.74 Å². The maximum Gasteiger partial charge on any atom is 0.350 e. The molecule has 0 fully saturated rings. The van der Waals surface area contributed by atoms with Gasteiger partial charge in [-0.1, -0.05) is 43.3 Å². The third-order valence-electron chi connectivity index (χ3n) is 3.91. The fourth-order valence-electron chi connectivity index (χ4n) is 2.67. The molecule has 144 valence electrons. The average molecular weight is 412 g/mol. The van der Waals surface area contributed by atoms with Gasteiger partial charge >= 0.3 is 5.97 Å². The van der Waals surface area contributed by atoms with E-state index in [-0.39, 0.29) is 12.5 Å². The number of carbonyl (C=O) groups is 2. The maximum absolute atomic E-state index is 12.8. The summed E-state index contributed by atoms with van der Waals surface area (Å²) in [6, 6.07) is 19.1. The molecule has 28 heavy (non-hydrogen) atoms. The summed E-state index contributed by atoms with van der Waals surface area (Å²) in [7, 11) is 0. The predicted molar refractivity (Wildman–Crippen MR) is 117 cm³/mol. The number of benzene rings is 2. The SMILES string of the molecule is CCOC(=O)c1sc(-c2ccccc2)cc1NC(=O)c1cccc(SCC)c1. The van der Waals surface area contributed by atoms with Gasteiger partial charge in [0.1, 0.15) is 4.88 Å². The van der Waals surface area contributed by atoms with Crippen LogP contribution in [0.5, 0.6) is 0 Å². The van der Waals surface area contributed by atoms with Gasteiger partial charge in [-0.3, -0.25) is 4.79 Å². The minimum atomic E-state index is -0.430. The lowest BCUT2D eigenvalue weighted by Crippen LogP contribution is -2.14. The number of nitrogens with one attached hydrogen (secondary N) is 1. The van der Waals surface area contributed by atoms with E-state index < -0.39 is 5.97 Å². The second-order valence-electron chi connectivity index (χ2n) is 5.85. The molecule has 0 saturated carbocycles. The van der Waals surface area contributed by atoms with E-state index in [2.05, 4.69) is 12.2 Å². The van der Waals surface area contributed by atoms with E-state index in [4.69, 9.17) is 4.74 Å². The molecule has 0 atom stereocenters. The monoisotopic (exact) mass is 411 g/mol. The van der Waals surface area contributed by atoms with Crippen molar-refractivity contribution in [2.75, 3.05) is 17.7 Å². The van der Waals surface area contributed by atoms with Gasteiger partial charge < -0.3 is 10.1 Å². The van der Waals surface area contributed by atoms with Crippen LogP contribution in [0, 0.1) is 0 Å². The summed E-state index contributed by atoms with van der Waals surface area (Å²) >= 11 is 2.99. The molecule has 0 aliphatic carbocycles. The molecule has 0 bridgehead atoms. The fourth-order valence-corrected chi connectivity index (χ4v) is 4.40. The van der Waals surface area contributed by atoms with Crippen molar-refractivity contribution in [1.29, 1.82) is 0 Å². The maximum atomic E-state index is 12.8. The van der Waals surface area contributed by atoms with E-state index in [1.165, 1.54) is 11.3 Å². The van der Waals surface area contributed by atoms with E-state index >= 15 is 0 Å². The third kappa shape index (κ3) is 4.82. The first-order chi connectivity index (χ1) is 13.6. The van der Waals surface area contributed by atoms with Gasteiger partial charge in [0, 0.05) is 15.3 Å². The number of rotatable bonds is 7. The molecule has 6 heteroatoms. The van der Waals surface area contributed by atoms with Gasteiger partial charge in [0.25, 0.3) is 5.91 Å². The highest BCUT2D eigenvalue weighted by molar-refractivity contribution is 7.99. The van der Waals surface area contributed by atoms with E-state index in [9.17, 15) is 9.59 Å². The van der Waals surface area contributed by atoms with E-state index in [0.29, 0.717) is 16.1 Å². The van der Waals surface area contributed by atoms with Gasteiger partial charge in [-0.2, -0.15) is 0 Å². The Morgan fingerprint density at radius 1 is 1.04 bits per heavy atom. The van der Waals surface area contributed by atoms with Crippen LogP contribution in [0.25, 0.3) is 10.4 Å². The zero-order chi connectivity index (χ0) is 19.9. The van der Waals surface area contributed by atoms with Gasteiger partial charge in [0.05, 0.1) is 12.3 Å². The molecule has 0 aliphatic rings. The van der Waals surface area contributed by atoms with Crippen LogP contribution < -0.4 is 5.32 Å². The fraction of sp³-hybridized carbons (Fsp3) is 0.182. The average Bonchev–Trinajstić information content (AvgIpc) is 3.13. The molecule has 3 rings (SSSR count). The molecule has 1 N–H and O–H groups in total. The Morgan fingerprint density at radius 2 is 1.82 bits per heavy atom. The number of amides is 1. The van der Waals surface area contributed by atoms with Crippen LogP contribution in [-0.4, -0.2) is 24.2 Å². The quantitative estimate of drug-likeness (QED) is 0.385. The molecule has 1 amide bonds. The van der Waals surface area contributed by atoms with Gasteiger partial charge in [-0.05, 0) is 42.5 Å². The molecule has 0 unspecified atom stereocenters. The molecule has 3 aromatic rings. The highest BCUT2D eigenvalue weighted by atomic mass is 32.2. The predicted octanol–water partition coefficient (Wildman–Crippen LogP) is 5.96. The van der Waals surface area contributed by atoms with Crippen LogP contribution in [0.1, 0.15) is 33.9 Å². The number of carbonyl (C=O) groups excluding carboxylic acids is 2. The summed E-state index contributed by atoms with van der Waals surface area (Å²) in [5, 5.41) is 2.89. The van der Waals surface area contributed by atoms with Crippen molar-refractivity contribution in [2.24, 2.45) is 0 Å². The number of hydrogen-bond acceptors (Lipinski definition) is 5. The lowest BCUT2D eigenvalue weighted by atomic mass is 10.2. The third-order valence-corrected chi connectivity index (χ3v) is 5.95. The smallest absolute Gasteiger partial charge is 0.350 e. The van der Waals surface area contributed by atoms with Gasteiger partial charge in [-0.15, -0.1) is 23.1 Å². The molecule has 0 radical (unpaired) electrons. The van der Waals surface area contributed by atoms with Gasteiger partial charge in [-0.25, -0.2) is 4.79 Å². The summed E-state index contributed by atoms with van der Waals surface area (Å²) < 4.78 is 5.17. The van der Waals surface area contributed by atoms with Crippen LogP contribution in [0.2, 0.25) is 0 Å². The summed E-state index contributed by atoms with van der Waals surface area (Å²) in [5.74, 6) is 0.255. The highest BCUT2D eigenvalue weighted by Gasteiger charge is 2.20. The molecule has 2 aromatic carbocycles. The Hall–Kier alpha value is -2.57. The molecule has 0 aliphatic heterocycles. The van der Waals surface area contributed by atoms with Crippen molar-refractivity contribution < 1.29 is 14.3 Å². The van der Waals surface area contributed by atoms with E-state index in [0.717, 1.165) is 21.1 Å². The topological polar surface area (TPSA) is 55.4 Å². The Morgan fingerprint density at radius 3 is 2.54 bits per heavy atom. The molecule has 4 nitrogen and oxygen atoms in total. The van der Waals surface area contributed by atoms with Crippen molar-refractivity contribution in [2.45, 2.75) is 18.7 Å². The molecular formula is C22H21NO3S2. The van der Waals surface area contributed by atoms with Crippen molar-refractivity contribution in [3.05, 3.63) is 71.1 Å². The first-order valence-corrected chi connectivity index (χ1v) is 10.8. The minimum absolute atomic E-state index is 0.249. The Labute approximate surface area is 172 Å². The molecular weight excluding hydrogens is 390 g/mol. The summed E-state index contributed by atoms with van der Waals surface area (Å²) in [6.07, 6.45) is 0. The number of anilines is 1. The van der Waals surface area contributed by atoms with Crippen molar-refractivity contribution in [3.63, 3.8) is 0 Å². The normalized spacial score (nSPS) is 10.5. The molecule has 1 heterocycles. The summed E-state index contributed by atoms with van der Waals surface area (Å²) in [5.41, 5.74) is 2.02. The highest BCUT2D eigenvalue weighted by Crippen LogP contribution is 2.35. The van der Waals surface area contributed by atoms with Gasteiger partial charge in [0.2, 0.25) is 0 Å². The molecule has 0 saturated heterocycles. The first-order valence-electron chi connectivity index (χ1n) is 9.03. The number of thioether (sulfide) groups is 1. The summed E-state index contributed by atoms with van der Waals surface area (Å²) in [6.45, 7) is 4.11. The number of hydrogen-bond donors (Lipinski definition) is 1. The largest absolute Gasteiger partial charge is 0.462 e. The van der Waals surface area contributed by atoms with Crippen LogP contribution in [0.3, 0.4) is 0 Å². The number of thiophene rings is 1. The van der Waals surface area contributed by atoms with E-state index in [1.54, 1.807) is 24.8 Å². The number of esters is 1. The minimum Gasteiger partial charge on any atom is -0.462 e. The first kappa shape index (κ1) is 20.2. The van der Waals surface area contributed by atoms with Crippen LogP contribution >= 0.6 is 23.1 Å². The lowest BCUT2D eigenvalue weighted by Gasteiger charge is -2.07. The van der Waals surface area contributed by atoms with Crippen molar-refractivity contribution in [1.82, 2.24) is 0 Å². The Kier molecular flexibility index (Phi) is 6.90. The molecule has 1 aromatic heterocycles. The Bertz CT molecular complexity index is 967. The lowest BCUT2D eigenvalue weighted by molar-refractivity contribution is 0.0533. The van der Waals surface area contributed by atoms with E-state index in [1.807, 2.05) is 54.6 Å². The van der Waals surface area contributed by atoms with Gasteiger partial charge in [0.15, 0.2) is 0 Å². The zero-order valence-electron chi connectivity index (χ0n) is 15.7. The Balaban J connectivity index is 1.91. The van der Waals surface area contributed by atoms with Crippen molar-refractivity contribution in [3.8, 4) is 10.4 Å². The van der Waals surface area contributed by atoms with Crippen LogP contribution in [0.15, 0.2) is 65.6 Å². The van der Waals surface area contributed by atoms with Crippen LogP contribution in [0.4, 0.5) is 5.69 Å². The standard InChI is InChI=1S/C22H21NO3S2/c1-3-26-22(25)20-18(14-19(28-20)15-9-6-5-7-10-15)23-21(24)16-11-8-12-17(13-16)27-4-2/h5-14H,3-4H2,1-2H3,(H,23,24). The second-order valence-corrected chi connectivity index (χ2v) is 8.24. The zero-order valence-corrected chi connectivity index (χ0v) is 17.4.